The molecule has 100 valence electrons. The molecule has 1 aromatic carbocycles. The fourth-order valence-electron chi connectivity index (χ4n) is 2.04. The summed E-state index contributed by atoms with van der Waals surface area (Å²) >= 11 is 6.15. The average Bonchev–Trinajstić information content (AvgIpc) is 2.37. The van der Waals surface area contributed by atoms with Gasteiger partial charge in [-0.1, -0.05) is 31.5 Å². The Morgan fingerprint density at radius 2 is 2.00 bits per heavy atom. The summed E-state index contributed by atoms with van der Waals surface area (Å²) in [7, 11) is 0. The molecule has 2 nitrogen and oxygen atoms in total. The molecule has 0 fully saturated rings. The zero-order valence-electron chi connectivity index (χ0n) is 11.6. The molecule has 0 atom stereocenters. The Labute approximate surface area is 119 Å². The lowest BCUT2D eigenvalue weighted by Crippen LogP contribution is -2.22. The van der Waals surface area contributed by atoms with Gasteiger partial charge in [0.05, 0.1) is 0 Å². The van der Waals surface area contributed by atoms with Gasteiger partial charge in [-0.25, -0.2) is 0 Å². The lowest BCUT2D eigenvalue weighted by atomic mass is 9.97. The number of pyridine rings is 1. The quantitative estimate of drug-likeness (QED) is 0.903. The first-order chi connectivity index (χ1) is 9.08. The normalized spacial score (nSPS) is 11.0. The van der Waals surface area contributed by atoms with Gasteiger partial charge in [-0.2, -0.15) is 0 Å². The number of nitrogens with one attached hydrogen (secondary N) is 1. The third-order valence-electron chi connectivity index (χ3n) is 3.08. The van der Waals surface area contributed by atoms with Gasteiger partial charge in [0.1, 0.15) is 0 Å². The van der Waals surface area contributed by atoms with Crippen molar-refractivity contribution in [2.24, 2.45) is 0 Å². The first kappa shape index (κ1) is 14.0. The average molecular weight is 275 g/mol. The fourth-order valence-corrected chi connectivity index (χ4v) is 2.22. The zero-order valence-corrected chi connectivity index (χ0v) is 12.3. The molecular formula is C16H19ClN2. The van der Waals surface area contributed by atoms with Crippen LogP contribution in [0.5, 0.6) is 0 Å². The molecule has 1 N–H and O–H groups in total. The van der Waals surface area contributed by atoms with Crippen molar-refractivity contribution in [2.75, 3.05) is 0 Å². The molecule has 2 aromatic rings. The SMILES string of the molecule is Cc1cnccc1-c1cc(Cl)ccc1CNC(C)C. The largest absolute Gasteiger partial charge is 0.310 e. The molecule has 0 aliphatic carbocycles. The van der Waals surface area contributed by atoms with Crippen molar-refractivity contribution in [3.05, 3.63) is 52.8 Å². The molecule has 0 saturated heterocycles. The lowest BCUT2D eigenvalue weighted by Gasteiger charge is -2.14. The summed E-state index contributed by atoms with van der Waals surface area (Å²) in [6, 6.07) is 8.56. The number of aryl methyl sites for hydroxylation is 1. The number of hydrogen-bond donors (Lipinski definition) is 1. The molecule has 0 radical (unpaired) electrons. The van der Waals surface area contributed by atoms with Crippen LogP contribution in [-0.2, 0) is 6.54 Å². The van der Waals surface area contributed by atoms with Crippen LogP contribution in [-0.4, -0.2) is 11.0 Å². The van der Waals surface area contributed by atoms with Crippen LogP contribution in [0.4, 0.5) is 0 Å². The minimum atomic E-state index is 0.460. The van der Waals surface area contributed by atoms with Gasteiger partial charge in [0.15, 0.2) is 0 Å². The van der Waals surface area contributed by atoms with Crippen molar-refractivity contribution in [1.29, 1.82) is 0 Å². The third kappa shape index (κ3) is 3.55. The molecule has 19 heavy (non-hydrogen) atoms. The summed E-state index contributed by atoms with van der Waals surface area (Å²) in [4.78, 5) is 4.15. The highest BCUT2D eigenvalue weighted by Crippen LogP contribution is 2.29. The van der Waals surface area contributed by atoms with E-state index in [1.54, 1.807) is 0 Å². The number of nitrogens with zero attached hydrogens (tertiary/aromatic N) is 1. The predicted molar refractivity (Wildman–Crippen MR) is 81.4 cm³/mol. The van der Waals surface area contributed by atoms with E-state index in [0.717, 1.165) is 17.1 Å². The van der Waals surface area contributed by atoms with Gasteiger partial charge in [-0.05, 0) is 47.4 Å². The fraction of sp³-hybridized carbons (Fsp3) is 0.312. The molecule has 0 aliphatic rings. The van der Waals surface area contributed by atoms with Crippen LogP contribution in [0.15, 0.2) is 36.7 Å². The lowest BCUT2D eigenvalue weighted by molar-refractivity contribution is 0.589. The monoisotopic (exact) mass is 274 g/mol. The molecule has 0 unspecified atom stereocenters. The van der Waals surface area contributed by atoms with Gasteiger partial charge in [-0.15, -0.1) is 0 Å². The predicted octanol–water partition coefficient (Wildman–Crippen LogP) is 4.21. The molecule has 1 heterocycles. The Morgan fingerprint density at radius 1 is 1.21 bits per heavy atom. The van der Waals surface area contributed by atoms with Crippen molar-refractivity contribution < 1.29 is 0 Å². The maximum absolute atomic E-state index is 6.15. The second-order valence-electron chi connectivity index (χ2n) is 5.03. The minimum absolute atomic E-state index is 0.460. The van der Waals surface area contributed by atoms with Crippen LogP contribution in [0.1, 0.15) is 25.0 Å². The van der Waals surface area contributed by atoms with Crippen LogP contribution in [0.25, 0.3) is 11.1 Å². The maximum Gasteiger partial charge on any atom is 0.0412 e. The number of benzene rings is 1. The van der Waals surface area contributed by atoms with E-state index in [4.69, 9.17) is 11.6 Å². The molecule has 2 rings (SSSR count). The van der Waals surface area contributed by atoms with Crippen LogP contribution in [0.3, 0.4) is 0 Å². The van der Waals surface area contributed by atoms with Crippen LogP contribution >= 0.6 is 11.6 Å². The number of hydrogen-bond acceptors (Lipinski definition) is 2. The summed E-state index contributed by atoms with van der Waals surface area (Å²) in [5, 5.41) is 4.22. The van der Waals surface area contributed by atoms with Crippen molar-refractivity contribution in [3.63, 3.8) is 0 Å². The summed E-state index contributed by atoms with van der Waals surface area (Å²) < 4.78 is 0. The van der Waals surface area contributed by atoms with Crippen LogP contribution in [0.2, 0.25) is 5.02 Å². The Morgan fingerprint density at radius 3 is 2.68 bits per heavy atom. The smallest absolute Gasteiger partial charge is 0.0412 e. The number of halogens is 1. The van der Waals surface area contributed by atoms with E-state index in [1.165, 1.54) is 16.7 Å². The Bertz CT molecular complexity index is 564. The highest BCUT2D eigenvalue weighted by atomic mass is 35.5. The molecular weight excluding hydrogens is 256 g/mol. The first-order valence-corrected chi connectivity index (χ1v) is 6.88. The van der Waals surface area contributed by atoms with E-state index >= 15 is 0 Å². The molecule has 0 saturated carbocycles. The third-order valence-corrected chi connectivity index (χ3v) is 3.32. The second-order valence-corrected chi connectivity index (χ2v) is 5.46. The maximum atomic E-state index is 6.15. The summed E-state index contributed by atoms with van der Waals surface area (Å²) in [6.45, 7) is 7.20. The molecule has 1 aromatic heterocycles. The van der Waals surface area contributed by atoms with Gasteiger partial charge >= 0.3 is 0 Å². The van der Waals surface area contributed by atoms with Gasteiger partial charge in [0.25, 0.3) is 0 Å². The van der Waals surface area contributed by atoms with Crippen molar-refractivity contribution in [3.8, 4) is 11.1 Å². The van der Waals surface area contributed by atoms with Gasteiger partial charge < -0.3 is 5.32 Å². The van der Waals surface area contributed by atoms with Crippen molar-refractivity contribution >= 4 is 11.6 Å². The molecule has 0 aliphatic heterocycles. The molecule has 0 bridgehead atoms. The molecule has 3 heteroatoms. The van der Waals surface area contributed by atoms with Crippen LogP contribution < -0.4 is 5.32 Å². The van der Waals surface area contributed by atoms with Gasteiger partial charge in [-0.3, -0.25) is 4.98 Å². The Kier molecular flexibility index (Phi) is 4.56. The number of rotatable bonds is 4. The van der Waals surface area contributed by atoms with Gasteiger partial charge in [0.2, 0.25) is 0 Å². The van der Waals surface area contributed by atoms with E-state index in [2.05, 4.69) is 37.1 Å². The summed E-state index contributed by atoms with van der Waals surface area (Å²) in [5.41, 5.74) is 4.79. The van der Waals surface area contributed by atoms with E-state index in [1.807, 2.05) is 30.6 Å². The standard InChI is InChI=1S/C16H19ClN2/c1-11(2)19-10-13-4-5-14(17)8-16(13)15-6-7-18-9-12(15)3/h4-9,11,19H,10H2,1-3H3. The zero-order chi connectivity index (χ0) is 13.8. The molecule has 0 amide bonds. The number of aromatic nitrogens is 1. The minimum Gasteiger partial charge on any atom is -0.310 e. The highest BCUT2D eigenvalue weighted by molar-refractivity contribution is 6.30. The van der Waals surface area contributed by atoms with Gasteiger partial charge in [0, 0.05) is 30.0 Å². The Balaban J connectivity index is 2.43. The molecule has 0 spiro atoms. The van der Waals surface area contributed by atoms with E-state index in [-0.39, 0.29) is 0 Å². The van der Waals surface area contributed by atoms with Crippen molar-refractivity contribution in [1.82, 2.24) is 10.3 Å². The van der Waals surface area contributed by atoms with E-state index in [0.29, 0.717) is 6.04 Å². The Hall–Kier alpha value is -1.38. The summed E-state index contributed by atoms with van der Waals surface area (Å²) in [5.74, 6) is 0. The van der Waals surface area contributed by atoms with Crippen molar-refractivity contribution in [2.45, 2.75) is 33.4 Å². The topological polar surface area (TPSA) is 24.9 Å². The van der Waals surface area contributed by atoms with E-state index < -0.39 is 0 Å². The van der Waals surface area contributed by atoms with Crippen LogP contribution in [0, 0.1) is 6.92 Å². The second kappa shape index (κ2) is 6.18. The summed E-state index contributed by atoms with van der Waals surface area (Å²) in [6.07, 6.45) is 3.71. The first-order valence-electron chi connectivity index (χ1n) is 6.50. The highest BCUT2D eigenvalue weighted by Gasteiger charge is 2.09. The van der Waals surface area contributed by atoms with E-state index in [9.17, 15) is 0 Å².